The van der Waals surface area contributed by atoms with Crippen LogP contribution in [0.15, 0.2) is 47.6 Å². The van der Waals surface area contributed by atoms with Crippen molar-refractivity contribution in [2.75, 3.05) is 23.9 Å². The third-order valence-electron chi connectivity index (χ3n) is 4.18. The van der Waals surface area contributed by atoms with Crippen LogP contribution in [-0.4, -0.2) is 43.8 Å². The SMILES string of the molecule is CCN(CC)C(=O)CN(c1cccc(C)c1)S(=O)(=O)c1ncccc1C. The number of likely N-dealkylation sites (N-methyl/N-ethyl adjacent to an activating group) is 1. The van der Waals surface area contributed by atoms with Gasteiger partial charge < -0.3 is 4.90 Å². The van der Waals surface area contributed by atoms with Gasteiger partial charge in [-0.1, -0.05) is 18.2 Å². The first-order valence-corrected chi connectivity index (χ1v) is 10.0. The zero-order chi connectivity index (χ0) is 19.3. The minimum Gasteiger partial charge on any atom is -0.342 e. The van der Waals surface area contributed by atoms with E-state index in [1.54, 1.807) is 42.2 Å². The van der Waals surface area contributed by atoms with Crippen LogP contribution in [0.1, 0.15) is 25.0 Å². The number of hydrogen-bond acceptors (Lipinski definition) is 4. The van der Waals surface area contributed by atoms with Crippen molar-refractivity contribution in [3.05, 3.63) is 53.7 Å². The first kappa shape index (κ1) is 19.9. The van der Waals surface area contributed by atoms with E-state index in [0.29, 0.717) is 24.3 Å². The lowest BCUT2D eigenvalue weighted by atomic mass is 10.2. The van der Waals surface area contributed by atoms with Crippen LogP contribution in [0.25, 0.3) is 0 Å². The Morgan fingerprint density at radius 2 is 1.77 bits per heavy atom. The van der Waals surface area contributed by atoms with E-state index < -0.39 is 10.0 Å². The number of aryl methyl sites for hydroxylation is 2. The lowest BCUT2D eigenvalue weighted by Gasteiger charge is -2.27. The smallest absolute Gasteiger partial charge is 0.282 e. The Labute approximate surface area is 155 Å². The molecule has 1 aromatic carbocycles. The summed E-state index contributed by atoms with van der Waals surface area (Å²) in [6.07, 6.45) is 1.44. The molecule has 0 atom stereocenters. The van der Waals surface area contributed by atoms with Crippen LogP contribution >= 0.6 is 0 Å². The molecule has 0 saturated carbocycles. The summed E-state index contributed by atoms with van der Waals surface area (Å²) in [6, 6.07) is 10.5. The fraction of sp³-hybridized carbons (Fsp3) is 0.368. The molecule has 7 heteroatoms. The van der Waals surface area contributed by atoms with Crippen LogP contribution in [0.4, 0.5) is 5.69 Å². The number of rotatable bonds is 7. The van der Waals surface area contributed by atoms with Crippen molar-refractivity contribution in [2.45, 2.75) is 32.7 Å². The Morgan fingerprint density at radius 3 is 2.35 bits per heavy atom. The molecule has 1 amide bonds. The Hall–Kier alpha value is -2.41. The quantitative estimate of drug-likeness (QED) is 0.746. The van der Waals surface area contributed by atoms with Gasteiger partial charge in [0.2, 0.25) is 5.91 Å². The predicted molar refractivity (Wildman–Crippen MR) is 103 cm³/mol. The lowest BCUT2D eigenvalue weighted by Crippen LogP contribution is -2.43. The first-order valence-electron chi connectivity index (χ1n) is 8.60. The minimum absolute atomic E-state index is 0.0335. The van der Waals surface area contributed by atoms with Crippen molar-refractivity contribution in [1.29, 1.82) is 0 Å². The number of benzene rings is 1. The van der Waals surface area contributed by atoms with Gasteiger partial charge in [0.1, 0.15) is 6.54 Å². The summed E-state index contributed by atoms with van der Waals surface area (Å²) < 4.78 is 27.7. The van der Waals surface area contributed by atoms with Gasteiger partial charge in [-0.2, -0.15) is 8.42 Å². The summed E-state index contributed by atoms with van der Waals surface area (Å²) in [5.41, 5.74) is 1.91. The van der Waals surface area contributed by atoms with Crippen LogP contribution in [0.3, 0.4) is 0 Å². The van der Waals surface area contributed by atoms with Gasteiger partial charge in [-0.15, -0.1) is 0 Å². The molecule has 1 aromatic heterocycles. The van der Waals surface area contributed by atoms with Gasteiger partial charge in [-0.05, 0) is 57.0 Å². The van der Waals surface area contributed by atoms with Gasteiger partial charge in [0.25, 0.3) is 10.0 Å². The van der Waals surface area contributed by atoms with E-state index in [0.717, 1.165) is 9.87 Å². The highest BCUT2D eigenvalue weighted by Gasteiger charge is 2.30. The van der Waals surface area contributed by atoms with Crippen molar-refractivity contribution in [3.63, 3.8) is 0 Å². The Balaban J connectivity index is 2.54. The molecule has 0 bridgehead atoms. The van der Waals surface area contributed by atoms with E-state index in [9.17, 15) is 13.2 Å². The third-order valence-corrected chi connectivity index (χ3v) is 6.02. The fourth-order valence-corrected chi connectivity index (χ4v) is 4.29. The molecular weight excluding hydrogens is 350 g/mol. The van der Waals surface area contributed by atoms with E-state index in [1.807, 2.05) is 26.8 Å². The number of hydrogen-bond donors (Lipinski definition) is 0. The highest BCUT2D eigenvalue weighted by Crippen LogP contribution is 2.25. The number of sulfonamides is 1. The van der Waals surface area contributed by atoms with Crippen LogP contribution in [-0.2, 0) is 14.8 Å². The summed E-state index contributed by atoms with van der Waals surface area (Å²) >= 11 is 0. The van der Waals surface area contributed by atoms with E-state index >= 15 is 0 Å². The number of carbonyl (C=O) groups is 1. The van der Waals surface area contributed by atoms with Crippen LogP contribution in [0.5, 0.6) is 0 Å². The van der Waals surface area contributed by atoms with Crippen molar-refractivity contribution in [3.8, 4) is 0 Å². The van der Waals surface area contributed by atoms with Gasteiger partial charge >= 0.3 is 0 Å². The largest absolute Gasteiger partial charge is 0.342 e. The van der Waals surface area contributed by atoms with Crippen LogP contribution in [0, 0.1) is 13.8 Å². The Bertz CT molecular complexity index is 877. The maximum Gasteiger partial charge on any atom is 0.282 e. The summed E-state index contributed by atoms with van der Waals surface area (Å²) in [6.45, 7) is 8.11. The van der Waals surface area contributed by atoms with E-state index in [-0.39, 0.29) is 17.5 Å². The molecule has 140 valence electrons. The molecule has 0 spiro atoms. The molecule has 2 aromatic rings. The average Bonchev–Trinajstić information content (AvgIpc) is 2.60. The normalized spacial score (nSPS) is 11.2. The summed E-state index contributed by atoms with van der Waals surface area (Å²) in [5.74, 6) is -0.242. The number of anilines is 1. The highest BCUT2D eigenvalue weighted by atomic mass is 32.2. The molecule has 0 aliphatic carbocycles. The molecule has 26 heavy (non-hydrogen) atoms. The average molecular weight is 375 g/mol. The van der Waals surface area contributed by atoms with Crippen molar-refractivity contribution >= 4 is 21.6 Å². The molecule has 0 aliphatic rings. The lowest BCUT2D eigenvalue weighted by molar-refractivity contribution is -0.129. The van der Waals surface area contributed by atoms with Gasteiger partial charge in [0.05, 0.1) is 5.69 Å². The number of pyridine rings is 1. The van der Waals surface area contributed by atoms with Crippen molar-refractivity contribution in [1.82, 2.24) is 9.88 Å². The highest BCUT2D eigenvalue weighted by molar-refractivity contribution is 7.92. The predicted octanol–water partition coefficient (Wildman–Crippen LogP) is 2.76. The Kier molecular flexibility index (Phi) is 6.37. The second-order valence-electron chi connectivity index (χ2n) is 6.04. The van der Waals surface area contributed by atoms with Crippen LogP contribution in [0.2, 0.25) is 0 Å². The van der Waals surface area contributed by atoms with Gasteiger partial charge in [0.15, 0.2) is 5.03 Å². The molecule has 6 nitrogen and oxygen atoms in total. The van der Waals surface area contributed by atoms with Gasteiger partial charge in [-0.3, -0.25) is 9.10 Å². The first-order chi connectivity index (χ1) is 12.3. The monoisotopic (exact) mass is 375 g/mol. The van der Waals surface area contributed by atoms with Crippen LogP contribution < -0.4 is 4.31 Å². The second-order valence-corrected chi connectivity index (χ2v) is 7.82. The van der Waals surface area contributed by atoms with E-state index in [2.05, 4.69) is 4.98 Å². The van der Waals surface area contributed by atoms with Crippen molar-refractivity contribution in [2.24, 2.45) is 0 Å². The minimum atomic E-state index is -3.97. The van der Waals surface area contributed by atoms with Gasteiger partial charge in [-0.25, -0.2) is 4.98 Å². The molecule has 0 N–H and O–H groups in total. The molecular formula is C19H25N3O3S. The summed E-state index contributed by atoms with van der Waals surface area (Å²) in [5, 5.41) is -0.0335. The number of amides is 1. The number of nitrogens with zero attached hydrogens (tertiary/aromatic N) is 3. The number of carbonyl (C=O) groups excluding carboxylic acids is 1. The molecule has 0 unspecified atom stereocenters. The standard InChI is InChI=1S/C19H25N3O3S/c1-5-21(6-2)18(23)14-22(17-11-7-9-15(3)13-17)26(24,25)19-16(4)10-8-12-20-19/h7-13H,5-6,14H2,1-4H3. The zero-order valence-corrected chi connectivity index (χ0v) is 16.5. The molecule has 0 saturated heterocycles. The van der Waals surface area contributed by atoms with Crippen molar-refractivity contribution < 1.29 is 13.2 Å². The fourth-order valence-electron chi connectivity index (χ4n) is 2.74. The summed E-state index contributed by atoms with van der Waals surface area (Å²) in [4.78, 5) is 18.3. The van der Waals surface area contributed by atoms with Gasteiger partial charge in [0, 0.05) is 19.3 Å². The molecule has 1 heterocycles. The maximum absolute atomic E-state index is 13.3. The molecule has 0 radical (unpaired) electrons. The maximum atomic E-state index is 13.3. The second kappa shape index (κ2) is 8.31. The molecule has 2 rings (SSSR count). The van der Waals surface area contributed by atoms with E-state index in [4.69, 9.17) is 0 Å². The summed E-state index contributed by atoms with van der Waals surface area (Å²) in [7, 11) is -3.97. The van der Waals surface area contributed by atoms with E-state index in [1.165, 1.54) is 6.20 Å². The Morgan fingerprint density at radius 1 is 1.08 bits per heavy atom. The topological polar surface area (TPSA) is 70.6 Å². The third kappa shape index (κ3) is 4.22. The molecule has 0 aliphatic heterocycles. The number of aromatic nitrogens is 1. The zero-order valence-electron chi connectivity index (χ0n) is 15.6. The molecule has 0 fully saturated rings.